The van der Waals surface area contributed by atoms with Gasteiger partial charge in [0.05, 0.1) is 20.0 Å². The van der Waals surface area contributed by atoms with Crippen molar-refractivity contribution in [1.82, 2.24) is 24.9 Å². The number of pyridine rings is 1. The molecule has 21 heavy (non-hydrogen) atoms. The smallest absolute Gasteiger partial charge is 0.212 e. The maximum absolute atomic E-state index is 8.94. The minimum Gasteiger partial charge on any atom is -0.481 e. The third-order valence-electron chi connectivity index (χ3n) is 2.89. The minimum absolute atomic E-state index is 0.0130. The van der Waals surface area contributed by atoms with Crippen molar-refractivity contribution in [3.05, 3.63) is 24.7 Å². The molecule has 0 bridgehead atoms. The summed E-state index contributed by atoms with van der Waals surface area (Å²) in [7, 11) is 1.56. The second-order valence-corrected chi connectivity index (χ2v) is 4.24. The lowest BCUT2D eigenvalue weighted by molar-refractivity contribution is 0.311. The van der Waals surface area contributed by atoms with Crippen LogP contribution in [0.15, 0.2) is 24.7 Å². The van der Waals surface area contributed by atoms with Crippen LogP contribution in [0.1, 0.15) is 0 Å². The lowest BCUT2D eigenvalue weighted by Gasteiger charge is -2.07. The summed E-state index contributed by atoms with van der Waals surface area (Å²) in [4.78, 5) is 20.1. The Balaban J connectivity index is 2.04. The predicted molar refractivity (Wildman–Crippen MR) is 77.0 cm³/mol. The summed E-state index contributed by atoms with van der Waals surface area (Å²) in [5, 5.41) is 12.0. The quantitative estimate of drug-likeness (QED) is 0.637. The van der Waals surface area contributed by atoms with Gasteiger partial charge in [0.1, 0.15) is 5.52 Å². The molecule has 0 spiro atoms. The highest BCUT2D eigenvalue weighted by molar-refractivity contribution is 5.84. The number of aromatic nitrogens is 5. The number of aliphatic hydroxyl groups is 1. The van der Waals surface area contributed by atoms with Crippen molar-refractivity contribution in [3.63, 3.8) is 0 Å². The van der Waals surface area contributed by atoms with Crippen LogP contribution in [0.5, 0.6) is 5.88 Å². The van der Waals surface area contributed by atoms with Crippen molar-refractivity contribution in [2.45, 2.75) is 0 Å². The molecule has 3 aromatic heterocycles. The number of aliphatic hydroxyl groups excluding tert-OH is 1. The summed E-state index contributed by atoms with van der Waals surface area (Å²) in [6.07, 6.45) is 3.20. The molecule has 0 aromatic carbocycles. The summed E-state index contributed by atoms with van der Waals surface area (Å²) in [6.45, 7) is 0.407. The van der Waals surface area contributed by atoms with E-state index in [2.05, 4.69) is 30.2 Å². The third kappa shape index (κ3) is 2.61. The molecule has 0 unspecified atom stereocenters. The van der Waals surface area contributed by atoms with E-state index in [-0.39, 0.29) is 6.61 Å². The van der Waals surface area contributed by atoms with Gasteiger partial charge in [-0.15, -0.1) is 0 Å². The van der Waals surface area contributed by atoms with E-state index >= 15 is 0 Å². The van der Waals surface area contributed by atoms with Gasteiger partial charge in [-0.3, -0.25) is 0 Å². The number of fused-ring (bicyclic) bond motifs is 1. The first-order chi connectivity index (χ1) is 10.3. The van der Waals surface area contributed by atoms with E-state index < -0.39 is 0 Å². The van der Waals surface area contributed by atoms with Crippen LogP contribution in [0.2, 0.25) is 0 Å². The first-order valence-corrected chi connectivity index (χ1v) is 6.38. The standard InChI is InChI=1S/C13H14N6O2/c1-21-9-3-2-8(6-15-9)11-18-12(14-4-5-20)10-13(19-11)17-7-16-10/h2-3,6-7,20H,4-5H2,1H3,(H2,14,16,17,18,19). The maximum Gasteiger partial charge on any atom is 0.212 e. The van der Waals surface area contributed by atoms with Crippen molar-refractivity contribution in [2.24, 2.45) is 0 Å². The molecule has 0 atom stereocenters. The summed E-state index contributed by atoms with van der Waals surface area (Å²) in [5.41, 5.74) is 2.01. The van der Waals surface area contributed by atoms with Gasteiger partial charge >= 0.3 is 0 Å². The number of imidazole rings is 1. The highest BCUT2D eigenvalue weighted by Crippen LogP contribution is 2.23. The fourth-order valence-electron chi connectivity index (χ4n) is 1.90. The second kappa shape index (κ2) is 5.71. The Bertz CT molecular complexity index is 740. The van der Waals surface area contributed by atoms with Crippen LogP contribution in [0.25, 0.3) is 22.6 Å². The molecule has 108 valence electrons. The number of rotatable bonds is 5. The minimum atomic E-state index is 0.0130. The van der Waals surface area contributed by atoms with Gasteiger partial charge in [-0.1, -0.05) is 0 Å². The Labute approximate surface area is 120 Å². The van der Waals surface area contributed by atoms with Crippen LogP contribution >= 0.6 is 0 Å². The normalized spacial score (nSPS) is 10.8. The molecule has 0 aliphatic carbocycles. The number of hydrogen-bond donors (Lipinski definition) is 3. The van der Waals surface area contributed by atoms with Gasteiger partial charge in [-0.25, -0.2) is 19.9 Å². The highest BCUT2D eigenvalue weighted by atomic mass is 16.5. The lowest BCUT2D eigenvalue weighted by Crippen LogP contribution is -2.08. The fourth-order valence-corrected chi connectivity index (χ4v) is 1.90. The topological polar surface area (TPSA) is 109 Å². The maximum atomic E-state index is 8.94. The van der Waals surface area contributed by atoms with Crippen LogP contribution in [0.4, 0.5) is 5.82 Å². The summed E-state index contributed by atoms with van der Waals surface area (Å²) in [5.74, 6) is 1.63. The number of anilines is 1. The van der Waals surface area contributed by atoms with Crippen LogP contribution in [-0.2, 0) is 0 Å². The fraction of sp³-hybridized carbons (Fsp3) is 0.231. The van der Waals surface area contributed by atoms with E-state index in [4.69, 9.17) is 9.84 Å². The van der Waals surface area contributed by atoms with Gasteiger partial charge < -0.3 is 20.1 Å². The molecule has 8 nitrogen and oxygen atoms in total. The van der Waals surface area contributed by atoms with Crippen molar-refractivity contribution < 1.29 is 9.84 Å². The van der Waals surface area contributed by atoms with E-state index in [1.54, 1.807) is 25.7 Å². The van der Waals surface area contributed by atoms with Gasteiger partial charge in [0.15, 0.2) is 17.3 Å². The second-order valence-electron chi connectivity index (χ2n) is 4.24. The Morgan fingerprint density at radius 1 is 1.29 bits per heavy atom. The van der Waals surface area contributed by atoms with E-state index in [1.807, 2.05) is 6.07 Å². The number of nitrogens with one attached hydrogen (secondary N) is 2. The van der Waals surface area contributed by atoms with E-state index in [0.717, 1.165) is 5.56 Å². The van der Waals surface area contributed by atoms with Crippen molar-refractivity contribution >= 4 is 17.0 Å². The monoisotopic (exact) mass is 286 g/mol. The van der Waals surface area contributed by atoms with Gasteiger partial charge in [0.25, 0.3) is 0 Å². The number of ether oxygens (including phenoxy) is 1. The van der Waals surface area contributed by atoms with Crippen molar-refractivity contribution in [1.29, 1.82) is 0 Å². The summed E-state index contributed by atoms with van der Waals surface area (Å²) < 4.78 is 5.03. The van der Waals surface area contributed by atoms with Crippen molar-refractivity contribution in [3.8, 4) is 17.3 Å². The van der Waals surface area contributed by atoms with Crippen molar-refractivity contribution in [2.75, 3.05) is 25.6 Å². The largest absolute Gasteiger partial charge is 0.481 e. The van der Waals surface area contributed by atoms with Crippen LogP contribution < -0.4 is 10.1 Å². The van der Waals surface area contributed by atoms with Crippen LogP contribution in [0.3, 0.4) is 0 Å². The van der Waals surface area contributed by atoms with E-state index in [1.165, 1.54) is 0 Å². The molecule has 0 amide bonds. The zero-order chi connectivity index (χ0) is 14.7. The first kappa shape index (κ1) is 13.3. The van der Waals surface area contributed by atoms with Gasteiger partial charge in [0.2, 0.25) is 5.88 Å². The first-order valence-electron chi connectivity index (χ1n) is 6.38. The van der Waals surface area contributed by atoms with Crippen LogP contribution in [-0.4, -0.2) is 50.3 Å². The number of nitrogens with zero attached hydrogens (tertiary/aromatic N) is 4. The molecule has 3 heterocycles. The van der Waals surface area contributed by atoms with Gasteiger partial charge in [-0.2, -0.15) is 0 Å². The molecule has 8 heteroatoms. The average Bonchev–Trinajstić information content (AvgIpc) is 3.01. The molecule has 3 N–H and O–H groups in total. The molecule has 0 aliphatic rings. The number of hydrogen-bond acceptors (Lipinski definition) is 7. The Morgan fingerprint density at radius 2 is 2.19 bits per heavy atom. The van der Waals surface area contributed by atoms with Gasteiger partial charge in [0, 0.05) is 24.4 Å². The molecule has 0 radical (unpaired) electrons. The molecule has 3 aromatic rings. The van der Waals surface area contributed by atoms with Crippen LogP contribution in [0, 0.1) is 0 Å². The molecule has 0 saturated carbocycles. The third-order valence-corrected chi connectivity index (χ3v) is 2.89. The number of methoxy groups -OCH3 is 1. The zero-order valence-corrected chi connectivity index (χ0v) is 11.4. The summed E-state index contributed by atoms with van der Waals surface area (Å²) in [6, 6.07) is 3.57. The molecular formula is C13H14N6O2. The molecule has 0 saturated heterocycles. The molecular weight excluding hydrogens is 272 g/mol. The Kier molecular flexibility index (Phi) is 3.61. The van der Waals surface area contributed by atoms with Gasteiger partial charge in [-0.05, 0) is 6.07 Å². The highest BCUT2D eigenvalue weighted by Gasteiger charge is 2.11. The molecule has 0 fully saturated rings. The predicted octanol–water partition coefficient (Wildman–Crippen LogP) is 0.828. The van der Waals surface area contributed by atoms with E-state index in [0.29, 0.717) is 35.2 Å². The molecule has 0 aliphatic heterocycles. The number of H-pyrrole nitrogens is 1. The SMILES string of the molecule is COc1ccc(-c2nc(NCCO)c3[nH]cnc3n2)cn1. The average molecular weight is 286 g/mol. The Hall–Kier alpha value is -2.74. The molecule has 3 rings (SSSR count). The number of aromatic amines is 1. The summed E-state index contributed by atoms with van der Waals surface area (Å²) >= 11 is 0. The zero-order valence-electron chi connectivity index (χ0n) is 11.4. The van der Waals surface area contributed by atoms with E-state index in [9.17, 15) is 0 Å². The Morgan fingerprint density at radius 3 is 2.90 bits per heavy atom. The lowest BCUT2D eigenvalue weighted by atomic mass is 10.2.